The van der Waals surface area contributed by atoms with Gasteiger partial charge in [0, 0.05) is 0 Å². The zero-order chi connectivity index (χ0) is 19.7. The van der Waals surface area contributed by atoms with Crippen LogP contribution in [0.1, 0.15) is 26.1 Å². The van der Waals surface area contributed by atoms with E-state index in [1.165, 1.54) is 0 Å². The minimum Gasteiger partial charge on any atom is -0.343 e. The van der Waals surface area contributed by atoms with Crippen LogP contribution in [0.3, 0.4) is 0 Å². The topological polar surface area (TPSA) is 62.7 Å². The molecule has 26 heavy (non-hydrogen) atoms. The highest BCUT2D eigenvalue weighted by atomic mass is 19.4. The fourth-order valence-electron chi connectivity index (χ4n) is 1.58. The molecule has 5 nitrogen and oxygen atoms in total. The lowest BCUT2D eigenvalue weighted by Crippen LogP contribution is -2.35. The van der Waals surface area contributed by atoms with Gasteiger partial charge in [-0.05, 0) is 26.2 Å². The Balaban J connectivity index is 2.27. The summed E-state index contributed by atoms with van der Waals surface area (Å²) in [5.74, 6) is 2.71. The molecule has 2 unspecified atom stereocenters. The predicted octanol–water partition coefficient (Wildman–Crippen LogP) is 3.31. The van der Waals surface area contributed by atoms with E-state index in [1.54, 1.807) is 0 Å². The van der Waals surface area contributed by atoms with Crippen molar-refractivity contribution >= 4 is 11.9 Å². The van der Waals surface area contributed by atoms with Gasteiger partial charge < -0.3 is 10.6 Å². The monoisotopic (exact) mass is 385 g/mol. The first kappa shape index (κ1) is 20.0. The number of nitrogens with one attached hydrogen (secondary N) is 2. The molecule has 0 spiro atoms. The number of anilines is 2. The highest BCUT2D eigenvalue weighted by molar-refractivity contribution is 5.40. The highest BCUT2D eigenvalue weighted by Crippen LogP contribution is 2.32. The maximum Gasteiger partial charge on any atom is 0.408 e. The summed E-state index contributed by atoms with van der Waals surface area (Å²) in [6.07, 6.45) is -10.1. The highest BCUT2D eigenvalue weighted by Gasteiger charge is 2.38. The quantitative estimate of drug-likeness (QED) is 0.615. The lowest BCUT2D eigenvalue weighted by molar-refractivity contribution is -0.139. The van der Waals surface area contributed by atoms with Gasteiger partial charge in [0.15, 0.2) is 0 Å². The van der Waals surface area contributed by atoms with Gasteiger partial charge in [-0.25, -0.2) is 4.39 Å². The van der Waals surface area contributed by atoms with Crippen LogP contribution in [0, 0.1) is 17.8 Å². The molecule has 0 aromatic carbocycles. The van der Waals surface area contributed by atoms with E-state index < -0.39 is 48.4 Å². The molecule has 1 aliphatic carbocycles. The number of hydrogen-bond donors (Lipinski definition) is 2. The number of hydrogen-bond acceptors (Lipinski definition) is 5. The van der Waals surface area contributed by atoms with Crippen molar-refractivity contribution in [3.63, 3.8) is 0 Å². The van der Waals surface area contributed by atoms with Crippen molar-refractivity contribution in [2.75, 3.05) is 10.6 Å². The van der Waals surface area contributed by atoms with Crippen LogP contribution in [0.2, 0.25) is 0 Å². The maximum atomic E-state index is 12.8. The summed E-state index contributed by atoms with van der Waals surface area (Å²) in [4.78, 5) is 10.8. The second kappa shape index (κ2) is 7.13. The molecule has 2 rings (SSSR count). The van der Waals surface area contributed by atoms with E-state index >= 15 is 0 Å². The van der Waals surface area contributed by atoms with Gasteiger partial charge in [0.25, 0.3) is 0 Å². The molecule has 1 aliphatic rings. The largest absolute Gasteiger partial charge is 0.408 e. The molecule has 1 aromatic rings. The Bertz CT molecular complexity index is 666. The molecule has 12 heteroatoms. The number of halogens is 7. The van der Waals surface area contributed by atoms with Crippen LogP contribution >= 0.6 is 0 Å². The second-order valence-electron chi connectivity index (χ2n) is 5.75. The van der Waals surface area contributed by atoms with E-state index in [4.69, 9.17) is 0 Å². The molecule has 1 saturated carbocycles. The average Bonchev–Trinajstić information content (AvgIpc) is 3.18. The summed E-state index contributed by atoms with van der Waals surface area (Å²) in [5.41, 5.74) is 0. The minimum absolute atomic E-state index is 0.213. The normalized spacial score (nSPS) is 22.0. The van der Waals surface area contributed by atoms with Crippen LogP contribution in [0.5, 0.6) is 0 Å². The number of nitrogens with zero attached hydrogens (tertiary/aromatic N) is 3. The summed E-state index contributed by atoms with van der Waals surface area (Å²) in [6.45, 7) is 1.58. The first-order valence-electron chi connectivity index (χ1n) is 7.44. The predicted molar refractivity (Wildman–Crippen MR) is 78.0 cm³/mol. The van der Waals surface area contributed by atoms with E-state index in [9.17, 15) is 30.7 Å². The van der Waals surface area contributed by atoms with Crippen molar-refractivity contribution in [3.05, 3.63) is 5.82 Å². The second-order valence-corrected chi connectivity index (χ2v) is 5.75. The molecule has 0 amide bonds. The Hall–Kier alpha value is -2.32. The van der Waals surface area contributed by atoms with Gasteiger partial charge in [0.1, 0.15) is 18.3 Å². The Morgan fingerprint density at radius 1 is 0.923 bits per heavy atom. The molecule has 144 valence electrons. The van der Waals surface area contributed by atoms with E-state index in [0.29, 0.717) is 0 Å². The Morgan fingerprint density at radius 2 is 1.35 bits per heavy atom. The minimum atomic E-state index is -4.62. The van der Waals surface area contributed by atoms with Crippen LogP contribution in [0.15, 0.2) is 0 Å². The molecule has 0 aliphatic heterocycles. The number of alkyl halides is 7. The third kappa shape index (κ3) is 5.60. The molecule has 1 aromatic heterocycles. The molecule has 4 atom stereocenters. The zero-order valence-electron chi connectivity index (χ0n) is 13.5. The van der Waals surface area contributed by atoms with Crippen LogP contribution in [0.25, 0.3) is 0 Å². The Labute approximate surface area is 143 Å². The van der Waals surface area contributed by atoms with Crippen LogP contribution in [-0.2, 0) is 0 Å². The van der Waals surface area contributed by atoms with Crippen molar-refractivity contribution in [2.45, 2.75) is 50.9 Å². The van der Waals surface area contributed by atoms with Crippen LogP contribution < -0.4 is 10.6 Å². The number of aromatic nitrogens is 3. The fourth-order valence-corrected chi connectivity index (χ4v) is 1.58. The summed E-state index contributed by atoms with van der Waals surface area (Å²) < 4.78 is 88.7. The molecule has 0 bridgehead atoms. The van der Waals surface area contributed by atoms with Crippen molar-refractivity contribution in [3.8, 4) is 11.8 Å². The van der Waals surface area contributed by atoms with Crippen molar-refractivity contribution in [2.24, 2.45) is 5.92 Å². The number of rotatable bonds is 4. The Kier molecular flexibility index (Phi) is 5.48. The molecule has 2 N–H and O–H groups in total. The summed E-state index contributed by atoms with van der Waals surface area (Å²) in [7, 11) is 0. The third-order valence-electron chi connectivity index (χ3n) is 3.39. The van der Waals surface area contributed by atoms with Gasteiger partial charge in [0.05, 0.1) is 5.92 Å². The average molecular weight is 385 g/mol. The van der Waals surface area contributed by atoms with Gasteiger partial charge in [0.2, 0.25) is 17.7 Å². The van der Waals surface area contributed by atoms with Crippen LogP contribution in [0.4, 0.5) is 42.6 Å². The molecular weight excluding hydrogens is 371 g/mol. The lowest BCUT2D eigenvalue weighted by atomic mass is 10.3. The van der Waals surface area contributed by atoms with Gasteiger partial charge >= 0.3 is 12.4 Å². The van der Waals surface area contributed by atoms with Crippen molar-refractivity contribution < 1.29 is 30.7 Å². The standard InChI is InChI=1S/C14H14F7N5/c1-6(13(16,17)18)22-11-24-10(4-3-8-5-9(8)15)25-12(26-11)23-7(2)14(19,20)21/h6-9H,5H2,1-2H3,(H2,22,23,24,25,26)/t6-,7-,8?,9?/m1/s1. The van der Waals surface area contributed by atoms with Gasteiger partial charge in [-0.15, -0.1) is 0 Å². The van der Waals surface area contributed by atoms with Gasteiger partial charge in [-0.2, -0.15) is 41.3 Å². The first-order chi connectivity index (χ1) is 11.9. The Morgan fingerprint density at radius 3 is 1.69 bits per heavy atom. The summed E-state index contributed by atoms with van der Waals surface area (Å²) >= 11 is 0. The SMILES string of the molecule is C[C@@H](Nc1nc(C#CC2CC2F)nc(N[C@H](C)C(F)(F)F)n1)C(F)(F)F. The fraction of sp³-hybridized carbons (Fsp3) is 0.643. The molecule has 0 saturated heterocycles. The summed E-state index contributed by atoms with van der Waals surface area (Å²) in [5, 5.41) is 3.87. The van der Waals surface area contributed by atoms with Crippen molar-refractivity contribution in [1.82, 2.24) is 15.0 Å². The van der Waals surface area contributed by atoms with Gasteiger partial charge in [-0.3, -0.25) is 0 Å². The van der Waals surface area contributed by atoms with Gasteiger partial charge in [-0.1, -0.05) is 5.92 Å². The summed E-state index contributed by atoms with van der Waals surface area (Å²) in [6, 6.07) is -4.12. The van der Waals surface area contributed by atoms with E-state index in [0.717, 1.165) is 13.8 Å². The molecule has 0 radical (unpaired) electrons. The molecule has 1 fully saturated rings. The van der Waals surface area contributed by atoms with Crippen molar-refractivity contribution in [1.29, 1.82) is 0 Å². The lowest BCUT2D eigenvalue weighted by Gasteiger charge is -2.19. The zero-order valence-corrected chi connectivity index (χ0v) is 13.5. The molecule has 1 heterocycles. The third-order valence-corrected chi connectivity index (χ3v) is 3.39. The smallest absolute Gasteiger partial charge is 0.343 e. The van der Waals surface area contributed by atoms with E-state index in [2.05, 4.69) is 26.8 Å². The van der Waals surface area contributed by atoms with E-state index in [-0.39, 0.29) is 12.2 Å². The van der Waals surface area contributed by atoms with Crippen LogP contribution in [-0.4, -0.2) is 45.6 Å². The molecular formula is C14H14F7N5. The maximum absolute atomic E-state index is 12.8. The first-order valence-corrected chi connectivity index (χ1v) is 7.44. The van der Waals surface area contributed by atoms with E-state index in [1.807, 2.05) is 10.6 Å².